The van der Waals surface area contributed by atoms with Gasteiger partial charge >= 0.3 is 6.03 Å². The molecule has 0 N–H and O–H groups in total. The van der Waals surface area contributed by atoms with Gasteiger partial charge in [0, 0.05) is 18.6 Å². The van der Waals surface area contributed by atoms with Crippen molar-refractivity contribution in [3.05, 3.63) is 54.0 Å². The van der Waals surface area contributed by atoms with Crippen LogP contribution in [0.3, 0.4) is 0 Å². The third-order valence-corrected chi connectivity index (χ3v) is 9.04. The highest BCUT2D eigenvalue weighted by molar-refractivity contribution is 5.88. The Morgan fingerprint density at radius 1 is 1.08 bits per heavy atom. The third-order valence-electron chi connectivity index (χ3n) is 9.04. The van der Waals surface area contributed by atoms with E-state index in [-0.39, 0.29) is 35.9 Å². The summed E-state index contributed by atoms with van der Waals surface area (Å²) in [6, 6.07) is 10.8. The van der Waals surface area contributed by atoms with E-state index in [0.717, 1.165) is 32.2 Å². The molecule has 2 aromatic rings. The van der Waals surface area contributed by atoms with E-state index in [1.807, 2.05) is 0 Å². The predicted octanol–water partition coefficient (Wildman–Crippen LogP) is 3.90. The number of carbonyl (C=O) groups is 2. The summed E-state index contributed by atoms with van der Waals surface area (Å²) in [6.45, 7) is 1.55. The number of hydrogen-bond donors (Lipinski definition) is 0. The van der Waals surface area contributed by atoms with Crippen LogP contribution in [0.5, 0.6) is 5.88 Å². The van der Waals surface area contributed by atoms with Gasteiger partial charge in [0.15, 0.2) is 5.78 Å². The number of nitrogens with zero attached hydrogens (tertiary/aromatic N) is 5. The van der Waals surface area contributed by atoms with E-state index in [1.165, 1.54) is 38.1 Å². The molecule has 8 nitrogen and oxygen atoms in total. The first kappa shape index (κ1) is 25.6. The van der Waals surface area contributed by atoms with Crippen LogP contribution in [-0.2, 0) is 16.8 Å². The third kappa shape index (κ3) is 4.96. The minimum atomic E-state index is -0.207. The van der Waals surface area contributed by atoms with Crippen LogP contribution in [0.4, 0.5) is 4.79 Å². The van der Waals surface area contributed by atoms with Crippen LogP contribution in [0.1, 0.15) is 56.2 Å². The Morgan fingerprint density at radius 3 is 2.38 bits per heavy atom. The molecular formula is C29H39N5O3. The largest absolute Gasteiger partial charge is 0.480 e. The van der Waals surface area contributed by atoms with Crippen molar-refractivity contribution in [2.24, 2.45) is 5.92 Å². The number of ether oxygens (including phenoxy) is 1. The Labute approximate surface area is 220 Å². The van der Waals surface area contributed by atoms with Gasteiger partial charge in [-0.25, -0.2) is 9.78 Å². The molecule has 2 amide bonds. The summed E-state index contributed by atoms with van der Waals surface area (Å²) in [6.07, 6.45) is 10.7. The number of methoxy groups -OCH3 is 1. The molecule has 2 heterocycles. The SMILES string of the molecule is COc1cnc(CC(=O)CN2CC3(CCC(c4ccccc4)(N(C)C)CC3)N(CC3CCC3)C2=O)cn1. The van der Waals surface area contributed by atoms with Crippen LogP contribution < -0.4 is 4.74 Å². The number of carbonyl (C=O) groups excluding carboxylic acids is 2. The molecule has 1 aliphatic heterocycles. The zero-order valence-corrected chi connectivity index (χ0v) is 22.4. The molecule has 2 saturated carbocycles. The van der Waals surface area contributed by atoms with Gasteiger partial charge in [-0.05, 0) is 64.1 Å². The molecule has 198 valence electrons. The van der Waals surface area contributed by atoms with Crippen molar-refractivity contribution in [3.63, 3.8) is 0 Å². The van der Waals surface area contributed by atoms with Crippen LogP contribution in [-0.4, -0.2) is 82.9 Å². The monoisotopic (exact) mass is 505 g/mol. The lowest BCUT2D eigenvalue weighted by Crippen LogP contribution is -2.56. The maximum atomic E-state index is 13.7. The van der Waals surface area contributed by atoms with Crippen LogP contribution in [0.15, 0.2) is 42.7 Å². The molecule has 37 heavy (non-hydrogen) atoms. The Kier molecular flexibility index (Phi) is 7.21. The Balaban J connectivity index is 1.32. The second-order valence-electron chi connectivity index (χ2n) is 11.3. The Bertz CT molecular complexity index is 1090. The minimum absolute atomic E-state index is 0.0174. The molecular weight excluding hydrogens is 466 g/mol. The molecule has 3 aliphatic rings. The van der Waals surface area contributed by atoms with Gasteiger partial charge in [-0.1, -0.05) is 36.8 Å². The Morgan fingerprint density at radius 2 is 1.81 bits per heavy atom. The summed E-state index contributed by atoms with van der Waals surface area (Å²) in [5.74, 6) is 0.984. The van der Waals surface area contributed by atoms with E-state index in [9.17, 15) is 9.59 Å². The van der Waals surface area contributed by atoms with Crippen molar-refractivity contribution in [2.45, 2.75) is 62.4 Å². The molecule has 0 bridgehead atoms. The van der Waals surface area contributed by atoms with Gasteiger partial charge in [-0.15, -0.1) is 0 Å². The van der Waals surface area contributed by atoms with Crippen molar-refractivity contribution in [2.75, 3.05) is 40.8 Å². The average Bonchev–Trinajstić information content (AvgIpc) is 3.12. The van der Waals surface area contributed by atoms with Crippen LogP contribution in [0, 0.1) is 5.92 Å². The standard InChI is InChI=1S/C29H39N5O3/c1-32(2)29(23-10-5-4-6-11-23)14-12-28(13-15-29)21-33(27(36)34(28)19-22-8-7-9-22)20-25(35)16-24-17-31-26(37-3)18-30-24/h4-6,10-11,17-18,22H,7-9,12-16,19-21H2,1-3H3. The van der Waals surface area contributed by atoms with Gasteiger partial charge in [0.2, 0.25) is 5.88 Å². The van der Waals surface area contributed by atoms with Gasteiger partial charge in [0.25, 0.3) is 0 Å². The summed E-state index contributed by atoms with van der Waals surface area (Å²) in [4.78, 5) is 41.5. The average molecular weight is 506 g/mol. The van der Waals surface area contributed by atoms with E-state index in [1.54, 1.807) is 11.1 Å². The first-order valence-corrected chi connectivity index (χ1v) is 13.5. The van der Waals surface area contributed by atoms with Gasteiger partial charge in [0.05, 0.1) is 43.7 Å². The molecule has 0 radical (unpaired) electrons. The van der Waals surface area contributed by atoms with Gasteiger partial charge in [0.1, 0.15) is 0 Å². The molecule has 5 rings (SSSR count). The molecule has 0 unspecified atom stereocenters. The quantitative estimate of drug-likeness (QED) is 0.514. The molecule has 8 heteroatoms. The fourth-order valence-corrected chi connectivity index (χ4v) is 6.52. The molecule has 2 aliphatic carbocycles. The number of rotatable bonds is 9. The summed E-state index contributed by atoms with van der Waals surface area (Å²) in [7, 11) is 5.88. The smallest absolute Gasteiger partial charge is 0.321 e. The lowest BCUT2D eigenvalue weighted by Gasteiger charge is -2.51. The second kappa shape index (κ2) is 10.4. The number of aromatic nitrogens is 2. The molecule has 1 spiro atoms. The van der Waals surface area contributed by atoms with Crippen LogP contribution >= 0.6 is 0 Å². The van der Waals surface area contributed by atoms with Gasteiger partial charge < -0.3 is 14.5 Å². The predicted molar refractivity (Wildman–Crippen MR) is 141 cm³/mol. The highest BCUT2D eigenvalue weighted by Gasteiger charge is 2.55. The fraction of sp³-hybridized carbons (Fsp3) is 0.586. The van der Waals surface area contributed by atoms with Crippen LogP contribution in [0.25, 0.3) is 0 Å². The Hall–Kier alpha value is -3.00. The summed E-state index contributed by atoms with van der Waals surface area (Å²) in [5, 5.41) is 0. The number of urea groups is 1. The summed E-state index contributed by atoms with van der Waals surface area (Å²) < 4.78 is 5.05. The highest BCUT2D eigenvalue weighted by Crippen LogP contribution is 2.49. The molecule has 1 saturated heterocycles. The normalized spacial score (nSPS) is 26.1. The summed E-state index contributed by atoms with van der Waals surface area (Å²) >= 11 is 0. The minimum Gasteiger partial charge on any atom is -0.480 e. The lowest BCUT2D eigenvalue weighted by atomic mass is 9.68. The van der Waals surface area contributed by atoms with E-state index in [4.69, 9.17) is 4.74 Å². The van der Waals surface area contributed by atoms with E-state index >= 15 is 0 Å². The topological polar surface area (TPSA) is 78.9 Å². The number of Topliss-reactive ketones (excluding diaryl/α,β-unsaturated/α-hetero) is 1. The number of benzene rings is 1. The maximum Gasteiger partial charge on any atom is 0.321 e. The zero-order valence-electron chi connectivity index (χ0n) is 22.4. The van der Waals surface area contributed by atoms with Crippen LogP contribution in [0.2, 0.25) is 0 Å². The zero-order chi connectivity index (χ0) is 26.0. The maximum absolute atomic E-state index is 13.7. The number of ketones is 1. The number of hydrogen-bond acceptors (Lipinski definition) is 6. The van der Waals surface area contributed by atoms with E-state index in [2.05, 4.69) is 64.2 Å². The van der Waals surface area contributed by atoms with Gasteiger partial charge in [-0.3, -0.25) is 14.7 Å². The van der Waals surface area contributed by atoms with Crippen molar-refractivity contribution in [3.8, 4) is 5.88 Å². The van der Waals surface area contributed by atoms with E-state index in [0.29, 0.717) is 24.0 Å². The van der Waals surface area contributed by atoms with E-state index < -0.39 is 0 Å². The number of amides is 2. The van der Waals surface area contributed by atoms with Crippen molar-refractivity contribution in [1.29, 1.82) is 0 Å². The molecule has 3 fully saturated rings. The van der Waals surface area contributed by atoms with Crippen molar-refractivity contribution >= 4 is 11.8 Å². The van der Waals surface area contributed by atoms with Crippen molar-refractivity contribution in [1.82, 2.24) is 24.7 Å². The lowest BCUT2D eigenvalue weighted by molar-refractivity contribution is -0.119. The van der Waals surface area contributed by atoms with Crippen molar-refractivity contribution < 1.29 is 14.3 Å². The second-order valence-corrected chi connectivity index (χ2v) is 11.3. The first-order valence-electron chi connectivity index (χ1n) is 13.5. The first-order chi connectivity index (χ1) is 17.8. The molecule has 0 atom stereocenters. The molecule has 1 aromatic heterocycles. The molecule has 1 aromatic carbocycles. The van der Waals surface area contributed by atoms with Gasteiger partial charge in [-0.2, -0.15) is 0 Å². The highest BCUT2D eigenvalue weighted by atomic mass is 16.5. The summed E-state index contributed by atoms with van der Waals surface area (Å²) in [5.41, 5.74) is 1.70. The fourth-order valence-electron chi connectivity index (χ4n) is 6.52.